The zero-order chi connectivity index (χ0) is 24.0. The number of alkyl halides is 3. The van der Waals surface area contributed by atoms with Gasteiger partial charge in [-0.05, 0) is 56.7 Å². The van der Waals surface area contributed by atoms with Gasteiger partial charge in [0, 0.05) is 19.6 Å². The van der Waals surface area contributed by atoms with Gasteiger partial charge in [0.25, 0.3) is 0 Å². The minimum atomic E-state index is -4.45. The highest BCUT2D eigenvalue weighted by Gasteiger charge is 2.41. The van der Waals surface area contributed by atoms with E-state index in [9.17, 15) is 28.2 Å². The fraction of sp³-hybridized carbons (Fsp3) is 0.565. The maximum absolute atomic E-state index is 13.3. The number of thiazole rings is 1. The number of nitrogens with zero attached hydrogens (tertiary/aromatic N) is 2. The Balaban J connectivity index is 1.43. The Bertz CT molecular complexity index is 1030. The highest BCUT2D eigenvalue weighted by Crippen LogP contribution is 2.42. The van der Waals surface area contributed by atoms with Crippen LogP contribution in [0.5, 0.6) is 5.75 Å². The van der Waals surface area contributed by atoms with Gasteiger partial charge in [0.2, 0.25) is 0 Å². The average molecular weight is 485 g/mol. The Morgan fingerprint density at radius 2 is 2.00 bits per heavy atom. The molecular formula is C23H27F3N2O4S. The van der Waals surface area contributed by atoms with Gasteiger partial charge >= 0.3 is 12.1 Å². The molecule has 10 heteroatoms. The van der Waals surface area contributed by atoms with Crippen LogP contribution in [0, 0.1) is 12.8 Å². The lowest BCUT2D eigenvalue weighted by atomic mass is 9.82. The first kappa shape index (κ1) is 24.0. The molecule has 0 bridgehead atoms. The molecule has 2 aliphatic heterocycles. The molecule has 180 valence electrons. The van der Waals surface area contributed by atoms with Crippen LogP contribution in [0.4, 0.5) is 13.2 Å². The summed E-state index contributed by atoms with van der Waals surface area (Å²) in [5, 5.41) is 20.0. The molecule has 6 nitrogen and oxygen atoms in total. The Hall–Kier alpha value is -2.17. The van der Waals surface area contributed by atoms with Crippen LogP contribution in [-0.2, 0) is 23.9 Å². The number of aliphatic hydroxyl groups excluding tert-OH is 1. The number of carboxylic acid groups (broad SMARTS) is 1. The number of aliphatic hydroxyl groups is 1. The molecule has 2 atom stereocenters. The Labute approximate surface area is 194 Å². The van der Waals surface area contributed by atoms with E-state index in [1.54, 1.807) is 19.1 Å². The molecule has 2 aliphatic rings. The molecule has 0 amide bonds. The van der Waals surface area contributed by atoms with Gasteiger partial charge in [0.05, 0.1) is 21.9 Å². The number of hydrogen-bond acceptors (Lipinski definition) is 6. The summed E-state index contributed by atoms with van der Waals surface area (Å²) in [4.78, 5) is 17.2. The second kappa shape index (κ2) is 8.88. The largest absolute Gasteiger partial charge is 0.487 e. The van der Waals surface area contributed by atoms with Crippen molar-refractivity contribution in [1.29, 1.82) is 0 Å². The Morgan fingerprint density at radius 1 is 1.30 bits per heavy atom. The first-order valence-electron chi connectivity index (χ1n) is 11.0. The highest BCUT2D eigenvalue weighted by atomic mass is 32.1. The summed E-state index contributed by atoms with van der Waals surface area (Å²) >= 11 is 1.09. The highest BCUT2D eigenvalue weighted by molar-refractivity contribution is 7.11. The standard InChI is InChI=1S/C23H27F3N2O4S/c1-13(21(30)31)19(29)16-4-3-15-5-6-22(32-17(15)11-16)7-9-28(10-8-22)12-18-20(23(24,25)26)27-14(2)33-18/h3-4,11,13,19,29H,5-10,12H2,1-2H3,(H,30,31)/t13-,19+/m0/s1. The molecule has 4 rings (SSSR count). The van der Waals surface area contributed by atoms with E-state index >= 15 is 0 Å². The van der Waals surface area contributed by atoms with Crippen molar-refractivity contribution in [3.8, 4) is 5.75 Å². The van der Waals surface area contributed by atoms with E-state index in [-0.39, 0.29) is 11.4 Å². The predicted molar refractivity (Wildman–Crippen MR) is 116 cm³/mol. The van der Waals surface area contributed by atoms with Crippen molar-refractivity contribution in [2.45, 2.75) is 64.0 Å². The molecule has 1 saturated heterocycles. The summed E-state index contributed by atoms with van der Waals surface area (Å²) in [5.41, 5.74) is 0.326. The number of carbonyl (C=O) groups is 1. The van der Waals surface area contributed by atoms with Crippen LogP contribution in [0.2, 0.25) is 0 Å². The van der Waals surface area contributed by atoms with Gasteiger partial charge in [0.15, 0.2) is 5.69 Å². The number of ether oxygens (including phenoxy) is 1. The molecule has 1 aromatic heterocycles. The number of aryl methyl sites for hydroxylation is 2. The van der Waals surface area contributed by atoms with Gasteiger partial charge in [-0.15, -0.1) is 11.3 Å². The lowest BCUT2D eigenvalue weighted by molar-refractivity contribution is -0.145. The first-order valence-corrected chi connectivity index (χ1v) is 11.8. The Kier molecular flexibility index (Phi) is 6.45. The quantitative estimate of drug-likeness (QED) is 0.646. The van der Waals surface area contributed by atoms with Gasteiger partial charge in [-0.1, -0.05) is 12.1 Å². The van der Waals surface area contributed by atoms with Crippen LogP contribution in [0.25, 0.3) is 0 Å². The fourth-order valence-corrected chi connectivity index (χ4v) is 5.60. The second-order valence-corrected chi connectivity index (χ2v) is 10.3. The number of carboxylic acids is 1. The molecule has 2 N–H and O–H groups in total. The van der Waals surface area contributed by atoms with Crippen molar-refractivity contribution in [2.75, 3.05) is 13.1 Å². The maximum Gasteiger partial charge on any atom is 0.434 e. The van der Waals surface area contributed by atoms with E-state index in [4.69, 9.17) is 4.74 Å². The average Bonchev–Trinajstić information content (AvgIpc) is 3.14. The van der Waals surface area contributed by atoms with Crippen LogP contribution in [0.1, 0.15) is 59.0 Å². The van der Waals surface area contributed by atoms with E-state index in [1.165, 1.54) is 6.92 Å². The topological polar surface area (TPSA) is 82.9 Å². The van der Waals surface area contributed by atoms with Crippen LogP contribution in [0.15, 0.2) is 18.2 Å². The molecule has 0 saturated carbocycles. The first-order chi connectivity index (χ1) is 15.5. The molecule has 0 aliphatic carbocycles. The van der Waals surface area contributed by atoms with Gasteiger partial charge < -0.3 is 14.9 Å². The molecule has 3 heterocycles. The number of aliphatic carboxylic acids is 1. The molecule has 2 aromatic rings. The third-order valence-electron chi connectivity index (χ3n) is 6.68. The van der Waals surface area contributed by atoms with Gasteiger partial charge in [-0.3, -0.25) is 9.69 Å². The van der Waals surface area contributed by atoms with Crippen molar-refractivity contribution in [3.63, 3.8) is 0 Å². The second-order valence-electron chi connectivity index (χ2n) is 9.00. The number of likely N-dealkylation sites (tertiary alicyclic amines) is 1. The van der Waals surface area contributed by atoms with E-state index in [0.717, 1.165) is 29.7 Å². The summed E-state index contributed by atoms with van der Waals surface area (Å²) in [6, 6.07) is 5.33. The van der Waals surface area contributed by atoms with E-state index < -0.39 is 35.5 Å². The minimum Gasteiger partial charge on any atom is -0.487 e. The van der Waals surface area contributed by atoms with E-state index in [0.29, 0.717) is 42.3 Å². The van der Waals surface area contributed by atoms with Crippen molar-refractivity contribution in [1.82, 2.24) is 9.88 Å². The monoisotopic (exact) mass is 484 g/mol. The van der Waals surface area contributed by atoms with Crippen molar-refractivity contribution >= 4 is 17.3 Å². The number of hydrogen-bond donors (Lipinski definition) is 2. The molecule has 0 radical (unpaired) electrons. The zero-order valence-corrected chi connectivity index (χ0v) is 19.3. The van der Waals surface area contributed by atoms with E-state index in [2.05, 4.69) is 4.98 Å². The fourth-order valence-electron chi connectivity index (χ4n) is 4.60. The summed E-state index contributed by atoms with van der Waals surface area (Å²) < 4.78 is 46.2. The lowest BCUT2D eigenvalue weighted by Gasteiger charge is -2.44. The number of fused-ring (bicyclic) bond motifs is 1. The van der Waals surface area contributed by atoms with Gasteiger partial charge in [-0.25, -0.2) is 4.98 Å². The zero-order valence-electron chi connectivity index (χ0n) is 18.5. The molecular weight excluding hydrogens is 457 g/mol. The third-order valence-corrected chi connectivity index (χ3v) is 7.64. The van der Waals surface area contributed by atoms with Gasteiger partial charge in [0.1, 0.15) is 11.4 Å². The number of aromatic nitrogens is 1. The lowest BCUT2D eigenvalue weighted by Crippen LogP contribution is -2.49. The van der Waals surface area contributed by atoms with Crippen LogP contribution in [-0.4, -0.2) is 44.8 Å². The summed E-state index contributed by atoms with van der Waals surface area (Å²) in [5.74, 6) is -1.36. The van der Waals surface area contributed by atoms with Crippen LogP contribution >= 0.6 is 11.3 Å². The summed E-state index contributed by atoms with van der Waals surface area (Å²) in [6.07, 6.45) is -2.61. The summed E-state index contributed by atoms with van der Waals surface area (Å²) in [6.45, 7) is 4.49. The minimum absolute atomic E-state index is 0.219. The SMILES string of the molecule is Cc1nc(C(F)(F)F)c(CN2CCC3(CCc4ccc([C@H](O)[C@H](C)C(=O)O)cc4O3)CC2)s1. The number of halogens is 3. The smallest absolute Gasteiger partial charge is 0.434 e. The number of rotatable bonds is 5. The van der Waals surface area contributed by atoms with Gasteiger partial charge in [-0.2, -0.15) is 13.2 Å². The molecule has 1 aromatic carbocycles. The van der Waals surface area contributed by atoms with Crippen molar-refractivity contribution in [2.24, 2.45) is 5.92 Å². The maximum atomic E-state index is 13.3. The van der Waals surface area contributed by atoms with Crippen molar-refractivity contribution < 1.29 is 32.9 Å². The number of piperidine rings is 1. The Morgan fingerprint density at radius 3 is 2.64 bits per heavy atom. The van der Waals surface area contributed by atoms with E-state index in [1.807, 2.05) is 11.0 Å². The number of benzene rings is 1. The predicted octanol–water partition coefficient (Wildman–Crippen LogP) is 4.58. The molecule has 1 spiro atoms. The molecule has 1 fully saturated rings. The van der Waals surface area contributed by atoms with Crippen molar-refractivity contribution in [3.05, 3.63) is 44.9 Å². The molecule has 0 unspecified atom stereocenters. The normalized spacial score (nSPS) is 20.2. The van der Waals surface area contributed by atoms with Crippen LogP contribution < -0.4 is 4.74 Å². The molecule has 33 heavy (non-hydrogen) atoms. The summed E-state index contributed by atoms with van der Waals surface area (Å²) in [7, 11) is 0. The third kappa shape index (κ3) is 5.02. The van der Waals surface area contributed by atoms with Crippen LogP contribution in [0.3, 0.4) is 0 Å².